The summed E-state index contributed by atoms with van der Waals surface area (Å²) in [6.45, 7) is 3.01. The second-order valence-corrected chi connectivity index (χ2v) is 2.72. The molecular weight excluding hydrogens is 156 g/mol. The van der Waals surface area contributed by atoms with Gasteiger partial charge in [-0.05, 0) is 6.42 Å². The van der Waals surface area contributed by atoms with Gasteiger partial charge in [-0.15, -0.1) is 0 Å². The lowest BCUT2D eigenvalue weighted by atomic mass is 10.2. The Kier molecular flexibility index (Phi) is 6.70. The first kappa shape index (κ1) is 11.4. The molecular formula is C8H18N2O2. The van der Waals surface area contributed by atoms with Gasteiger partial charge in [0.2, 0.25) is 5.91 Å². The Morgan fingerprint density at radius 1 is 1.67 bits per heavy atom. The van der Waals surface area contributed by atoms with E-state index in [2.05, 4.69) is 5.32 Å². The van der Waals surface area contributed by atoms with Crippen LogP contribution in [0.4, 0.5) is 0 Å². The lowest BCUT2D eigenvalue weighted by molar-refractivity contribution is -0.122. The number of carbonyl (C=O) groups excluding carboxylic acids is 1. The van der Waals surface area contributed by atoms with Crippen molar-refractivity contribution in [1.29, 1.82) is 0 Å². The predicted octanol–water partition coefficient (Wildman–Crippen LogP) is -0.124. The molecule has 12 heavy (non-hydrogen) atoms. The number of nitrogens with one attached hydrogen (secondary N) is 1. The van der Waals surface area contributed by atoms with Gasteiger partial charge in [0, 0.05) is 26.1 Å². The number of nitrogens with two attached hydrogens (primary N) is 1. The highest BCUT2D eigenvalue weighted by molar-refractivity contribution is 5.75. The summed E-state index contributed by atoms with van der Waals surface area (Å²) in [7, 11) is 1.57. The zero-order valence-corrected chi connectivity index (χ0v) is 7.80. The molecule has 0 aliphatic rings. The average Bonchev–Trinajstić information content (AvgIpc) is 2.10. The fourth-order valence-corrected chi connectivity index (χ4v) is 0.672. The van der Waals surface area contributed by atoms with E-state index in [9.17, 15) is 4.79 Å². The second-order valence-electron chi connectivity index (χ2n) is 2.72. The molecule has 3 N–H and O–H groups in total. The van der Waals surface area contributed by atoms with Gasteiger partial charge in [0.1, 0.15) is 0 Å². The third-order valence-electron chi connectivity index (χ3n) is 1.62. The molecule has 1 atom stereocenters. The number of rotatable bonds is 6. The zero-order valence-electron chi connectivity index (χ0n) is 7.80. The van der Waals surface area contributed by atoms with Gasteiger partial charge in [-0.25, -0.2) is 0 Å². The van der Waals surface area contributed by atoms with Gasteiger partial charge in [0.25, 0.3) is 0 Å². The fourth-order valence-electron chi connectivity index (χ4n) is 0.672. The number of hydrogen-bond acceptors (Lipinski definition) is 3. The highest BCUT2D eigenvalue weighted by atomic mass is 16.5. The summed E-state index contributed by atoms with van der Waals surface area (Å²) in [6.07, 6.45) is 1.29. The molecule has 1 amide bonds. The highest BCUT2D eigenvalue weighted by Gasteiger charge is 2.02. The second kappa shape index (κ2) is 7.06. The van der Waals surface area contributed by atoms with Crippen molar-refractivity contribution in [1.82, 2.24) is 5.32 Å². The summed E-state index contributed by atoms with van der Waals surface area (Å²) < 4.78 is 4.75. The van der Waals surface area contributed by atoms with Crippen molar-refractivity contribution in [2.75, 3.05) is 20.3 Å². The largest absolute Gasteiger partial charge is 0.384 e. The quantitative estimate of drug-likeness (QED) is 0.590. The molecule has 72 valence electrons. The maximum atomic E-state index is 11.0. The van der Waals surface area contributed by atoms with Crippen LogP contribution in [-0.4, -0.2) is 32.2 Å². The molecule has 0 saturated carbocycles. The molecule has 0 radical (unpaired) electrons. The standard InChI is InChI=1S/C8H18N2O2/c1-3-7(9)6-10-8(11)4-5-12-2/h7H,3-6,9H2,1-2H3,(H,10,11). The van der Waals surface area contributed by atoms with Crippen molar-refractivity contribution >= 4 is 5.91 Å². The Morgan fingerprint density at radius 3 is 2.83 bits per heavy atom. The molecule has 0 aliphatic carbocycles. The molecule has 0 rings (SSSR count). The van der Waals surface area contributed by atoms with Crippen LogP contribution in [0.2, 0.25) is 0 Å². The molecule has 0 bridgehead atoms. The molecule has 0 saturated heterocycles. The van der Waals surface area contributed by atoms with Crippen LogP contribution in [-0.2, 0) is 9.53 Å². The summed E-state index contributed by atoms with van der Waals surface area (Å²) in [5.41, 5.74) is 5.60. The Morgan fingerprint density at radius 2 is 2.33 bits per heavy atom. The number of carbonyl (C=O) groups is 1. The van der Waals surface area contributed by atoms with Crippen LogP contribution < -0.4 is 11.1 Å². The molecule has 0 fully saturated rings. The highest BCUT2D eigenvalue weighted by Crippen LogP contribution is 1.84. The lowest BCUT2D eigenvalue weighted by Crippen LogP contribution is -2.36. The van der Waals surface area contributed by atoms with Crippen molar-refractivity contribution in [2.24, 2.45) is 5.73 Å². The van der Waals surface area contributed by atoms with Crippen LogP contribution in [0.5, 0.6) is 0 Å². The summed E-state index contributed by atoms with van der Waals surface area (Å²) >= 11 is 0. The summed E-state index contributed by atoms with van der Waals surface area (Å²) in [4.78, 5) is 11.0. The maximum absolute atomic E-state index is 11.0. The monoisotopic (exact) mass is 174 g/mol. The van der Waals surface area contributed by atoms with Gasteiger partial charge < -0.3 is 15.8 Å². The van der Waals surface area contributed by atoms with Crippen molar-refractivity contribution in [2.45, 2.75) is 25.8 Å². The normalized spacial score (nSPS) is 12.6. The molecule has 0 aliphatic heterocycles. The van der Waals surface area contributed by atoms with Crippen LogP contribution in [0.25, 0.3) is 0 Å². The van der Waals surface area contributed by atoms with E-state index in [1.54, 1.807) is 7.11 Å². The van der Waals surface area contributed by atoms with E-state index in [0.29, 0.717) is 19.6 Å². The van der Waals surface area contributed by atoms with Gasteiger partial charge in [-0.1, -0.05) is 6.92 Å². The molecule has 4 nitrogen and oxygen atoms in total. The number of hydrogen-bond donors (Lipinski definition) is 2. The molecule has 4 heteroatoms. The van der Waals surface area contributed by atoms with E-state index in [4.69, 9.17) is 10.5 Å². The van der Waals surface area contributed by atoms with Gasteiger partial charge >= 0.3 is 0 Å². The first-order valence-corrected chi connectivity index (χ1v) is 4.22. The van der Waals surface area contributed by atoms with Gasteiger partial charge in [-0.3, -0.25) is 4.79 Å². The van der Waals surface area contributed by atoms with Crippen molar-refractivity contribution < 1.29 is 9.53 Å². The van der Waals surface area contributed by atoms with Crippen molar-refractivity contribution in [3.8, 4) is 0 Å². The van der Waals surface area contributed by atoms with Crippen molar-refractivity contribution in [3.05, 3.63) is 0 Å². The van der Waals surface area contributed by atoms with Gasteiger partial charge in [-0.2, -0.15) is 0 Å². The van der Waals surface area contributed by atoms with Crippen LogP contribution in [0.15, 0.2) is 0 Å². The SMILES string of the molecule is CCC(N)CNC(=O)CCOC. The topological polar surface area (TPSA) is 64.3 Å². The molecule has 0 heterocycles. The molecule has 1 unspecified atom stereocenters. The third kappa shape index (κ3) is 6.12. The van der Waals surface area contributed by atoms with Crippen molar-refractivity contribution in [3.63, 3.8) is 0 Å². The molecule has 0 aromatic rings. The van der Waals surface area contributed by atoms with E-state index in [0.717, 1.165) is 6.42 Å². The molecule has 0 aromatic carbocycles. The van der Waals surface area contributed by atoms with E-state index in [1.807, 2.05) is 6.92 Å². The Balaban J connectivity index is 3.31. The number of ether oxygens (including phenoxy) is 1. The first-order valence-electron chi connectivity index (χ1n) is 4.22. The Hall–Kier alpha value is -0.610. The Bertz CT molecular complexity index is 128. The van der Waals surface area contributed by atoms with E-state index >= 15 is 0 Å². The van der Waals surface area contributed by atoms with E-state index in [1.165, 1.54) is 0 Å². The smallest absolute Gasteiger partial charge is 0.222 e. The number of amides is 1. The lowest BCUT2D eigenvalue weighted by Gasteiger charge is -2.09. The minimum absolute atomic E-state index is 0.000694. The maximum Gasteiger partial charge on any atom is 0.222 e. The molecule has 0 aromatic heterocycles. The minimum atomic E-state index is 0.000694. The Labute approximate surface area is 73.5 Å². The summed E-state index contributed by atoms with van der Waals surface area (Å²) in [5.74, 6) is 0.000694. The fraction of sp³-hybridized carbons (Fsp3) is 0.875. The van der Waals surface area contributed by atoms with Gasteiger partial charge in [0.05, 0.1) is 6.61 Å². The first-order chi connectivity index (χ1) is 5.70. The van der Waals surface area contributed by atoms with Crippen LogP contribution in [0.1, 0.15) is 19.8 Å². The predicted molar refractivity (Wildman–Crippen MR) is 47.8 cm³/mol. The van der Waals surface area contributed by atoms with Crippen LogP contribution in [0, 0.1) is 0 Å². The van der Waals surface area contributed by atoms with E-state index in [-0.39, 0.29) is 11.9 Å². The zero-order chi connectivity index (χ0) is 9.40. The third-order valence-corrected chi connectivity index (χ3v) is 1.62. The van der Waals surface area contributed by atoms with Crippen LogP contribution >= 0.6 is 0 Å². The minimum Gasteiger partial charge on any atom is -0.384 e. The van der Waals surface area contributed by atoms with E-state index < -0.39 is 0 Å². The van der Waals surface area contributed by atoms with Gasteiger partial charge in [0.15, 0.2) is 0 Å². The average molecular weight is 174 g/mol. The molecule has 0 spiro atoms. The number of methoxy groups -OCH3 is 1. The van der Waals surface area contributed by atoms with Crippen LogP contribution in [0.3, 0.4) is 0 Å². The summed E-state index contributed by atoms with van der Waals surface area (Å²) in [6, 6.07) is 0.0662. The summed E-state index contributed by atoms with van der Waals surface area (Å²) in [5, 5.41) is 2.72.